The molecule has 0 unspecified atom stereocenters. The zero-order valence-electron chi connectivity index (χ0n) is 18.7. The maximum atomic E-state index is 13.4. The van der Waals surface area contributed by atoms with Crippen molar-refractivity contribution in [3.05, 3.63) is 53.1 Å². The lowest BCUT2D eigenvalue weighted by atomic mass is 10.00. The Bertz CT molecular complexity index is 1190. The van der Waals surface area contributed by atoms with Crippen molar-refractivity contribution >= 4 is 44.1 Å². The lowest BCUT2D eigenvalue weighted by molar-refractivity contribution is 0.248. The van der Waals surface area contributed by atoms with Gasteiger partial charge in [-0.05, 0) is 30.0 Å². The number of rotatable bonds is 6. The van der Waals surface area contributed by atoms with E-state index in [2.05, 4.69) is 6.92 Å². The van der Waals surface area contributed by atoms with Gasteiger partial charge in [0.15, 0.2) is 5.66 Å². The first kappa shape index (κ1) is 24.1. The molecule has 7 nitrogen and oxygen atoms in total. The minimum Gasteiger partial charge on any atom is -0.497 e. The molecule has 0 saturated carbocycles. The number of methoxy groups -OCH3 is 2. The van der Waals surface area contributed by atoms with E-state index in [9.17, 15) is 8.42 Å². The summed E-state index contributed by atoms with van der Waals surface area (Å²) in [5.74, 6) is 1.62. The average molecular weight is 508 g/mol. The summed E-state index contributed by atoms with van der Waals surface area (Å²) >= 11 is 7.70. The van der Waals surface area contributed by atoms with Crippen LogP contribution in [-0.4, -0.2) is 62.2 Å². The maximum absolute atomic E-state index is 13.4. The van der Waals surface area contributed by atoms with Gasteiger partial charge in [0, 0.05) is 42.6 Å². The maximum Gasteiger partial charge on any atom is 0.246 e. The van der Waals surface area contributed by atoms with E-state index < -0.39 is 15.7 Å². The molecule has 4 rings (SSSR count). The molecular weight excluding hydrogens is 482 g/mol. The van der Waals surface area contributed by atoms with Gasteiger partial charge in [-0.2, -0.15) is 4.31 Å². The van der Waals surface area contributed by atoms with Crippen LogP contribution in [0.4, 0.5) is 0 Å². The van der Waals surface area contributed by atoms with Crippen LogP contribution in [0.15, 0.2) is 57.3 Å². The fraction of sp³-hybridized carbons (Fsp3) is 0.391. The molecule has 1 fully saturated rings. The Morgan fingerprint density at radius 3 is 2.36 bits per heavy atom. The van der Waals surface area contributed by atoms with Crippen LogP contribution in [0.3, 0.4) is 0 Å². The Labute approximate surface area is 203 Å². The van der Waals surface area contributed by atoms with Gasteiger partial charge in [0.05, 0.1) is 19.9 Å². The molecule has 1 saturated heterocycles. The smallest absolute Gasteiger partial charge is 0.246 e. The summed E-state index contributed by atoms with van der Waals surface area (Å²) in [5.41, 5.74) is 1.17. The van der Waals surface area contributed by atoms with Crippen LogP contribution in [-0.2, 0) is 10.0 Å². The number of hydrogen-bond acceptors (Lipinski definition) is 7. The average Bonchev–Trinajstić information content (AvgIpc) is 3.17. The second kappa shape index (κ2) is 9.66. The molecule has 33 heavy (non-hydrogen) atoms. The number of ether oxygens (including phenoxy) is 2. The molecule has 176 valence electrons. The molecule has 0 atom stereocenters. The van der Waals surface area contributed by atoms with Crippen LogP contribution < -0.4 is 9.47 Å². The van der Waals surface area contributed by atoms with Crippen LogP contribution in [0.1, 0.15) is 25.3 Å². The molecule has 0 bridgehead atoms. The zero-order chi connectivity index (χ0) is 23.6. The molecule has 10 heteroatoms. The van der Waals surface area contributed by atoms with Crippen LogP contribution in [0.2, 0.25) is 5.02 Å². The number of hydrogen-bond donors (Lipinski definition) is 0. The van der Waals surface area contributed by atoms with Crippen molar-refractivity contribution in [3.8, 4) is 11.5 Å². The molecule has 0 N–H and O–H groups in total. The minimum absolute atomic E-state index is 0.0998. The van der Waals surface area contributed by atoms with Gasteiger partial charge in [-0.25, -0.2) is 13.4 Å². The Kier molecular flexibility index (Phi) is 7.04. The molecule has 0 amide bonds. The fourth-order valence-corrected chi connectivity index (χ4v) is 6.54. The number of aliphatic imine (C=N–C) groups is 2. The second-order valence-corrected chi connectivity index (χ2v) is 11.3. The molecule has 2 aromatic carbocycles. The van der Waals surface area contributed by atoms with Crippen molar-refractivity contribution in [3.63, 3.8) is 0 Å². The number of sulfonamides is 1. The number of halogens is 1. The molecule has 2 aliphatic heterocycles. The second-order valence-electron chi connectivity index (χ2n) is 7.72. The topological polar surface area (TPSA) is 80.6 Å². The summed E-state index contributed by atoms with van der Waals surface area (Å²) in [4.78, 5) is 10.1. The highest BCUT2D eigenvalue weighted by Crippen LogP contribution is 2.38. The molecular formula is C23H26ClN3O4S2. The summed E-state index contributed by atoms with van der Waals surface area (Å²) in [6.45, 7) is 2.70. The van der Waals surface area contributed by atoms with E-state index in [1.165, 1.54) is 24.6 Å². The minimum atomic E-state index is -3.77. The third-order valence-corrected chi connectivity index (χ3v) is 8.76. The van der Waals surface area contributed by atoms with E-state index in [0.717, 1.165) is 22.1 Å². The van der Waals surface area contributed by atoms with Crippen molar-refractivity contribution in [1.29, 1.82) is 0 Å². The summed E-state index contributed by atoms with van der Waals surface area (Å²) in [5, 5.41) is 1.56. The van der Waals surface area contributed by atoms with E-state index in [4.69, 9.17) is 31.1 Å². The number of nitrogens with zero attached hydrogens (tertiary/aromatic N) is 3. The highest BCUT2D eigenvalue weighted by Gasteiger charge is 2.43. The zero-order valence-corrected chi connectivity index (χ0v) is 21.1. The molecule has 2 heterocycles. The van der Waals surface area contributed by atoms with Gasteiger partial charge < -0.3 is 9.47 Å². The molecule has 2 aliphatic rings. The van der Waals surface area contributed by atoms with Gasteiger partial charge in [-0.1, -0.05) is 30.7 Å². The number of piperidine rings is 1. The monoisotopic (exact) mass is 507 g/mol. The third kappa shape index (κ3) is 4.77. The first-order valence-electron chi connectivity index (χ1n) is 10.6. The Morgan fingerprint density at radius 1 is 1.06 bits per heavy atom. The predicted octanol–water partition coefficient (Wildman–Crippen LogP) is 4.49. The molecule has 2 aromatic rings. The first-order chi connectivity index (χ1) is 15.8. The van der Waals surface area contributed by atoms with Gasteiger partial charge in [-0.3, -0.25) is 4.99 Å². The summed E-state index contributed by atoms with van der Waals surface area (Å²) in [6, 6.07) is 12.4. The fourth-order valence-electron chi connectivity index (χ4n) is 3.99. The van der Waals surface area contributed by atoms with Crippen LogP contribution in [0, 0.1) is 0 Å². The van der Waals surface area contributed by atoms with E-state index in [1.54, 1.807) is 23.9 Å². The summed E-state index contributed by atoms with van der Waals surface area (Å²) in [7, 11) is -0.806. The Balaban J connectivity index is 1.60. The van der Waals surface area contributed by atoms with Crippen molar-refractivity contribution in [1.82, 2.24) is 4.31 Å². The normalized spacial score (nSPS) is 18.2. The standard InChI is InChI=1S/C23H26ClN3O4S2/c1-4-32-22-21(16-5-7-17(24)8-6-16)25-23(26-22)11-13-27(14-12-23)33(28,29)20-15-18(30-2)9-10-19(20)31-3/h5-10,15H,4,11-14H2,1-3H3. The molecule has 0 aliphatic carbocycles. The Hall–Kier alpha value is -2.07. The highest BCUT2D eigenvalue weighted by atomic mass is 35.5. The highest BCUT2D eigenvalue weighted by molar-refractivity contribution is 8.15. The van der Waals surface area contributed by atoms with Crippen molar-refractivity contribution in [2.24, 2.45) is 9.98 Å². The number of benzene rings is 2. The number of thioether (sulfide) groups is 1. The predicted molar refractivity (Wildman–Crippen MR) is 134 cm³/mol. The lowest BCUT2D eigenvalue weighted by Crippen LogP contribution is -2.44. The third-order valence-electron chi connectivity index (χ3n) is 5.74. The van der Waals surface area contributed by atoms with Crippen molar-refractivity contribution in [2.75, 3.05) is 33.1 Å². The lowest BCUT2D eigenvalue weighted by Gasteiger charge is -2.34. The molecule has 0 aromatic heterocycles. The Morgan fingerprint density at radius 2 is 1.76 bits per heavy atom. The van der Waals surface area contributed by atoms with Crippen LogP contribution in [0.5, 0.6) is 11.5 Å². The first-order valence-corrected chi connectivity index (χ1v) is 13.4. The van der Waals surface area contributed by atoms with Gasteiger partial charge in [0.25, 0.3) is 0 Å². The van der Waals surface area contributed by atoms with Gasteiger partial charge in [0.1, 0.15) is 21.4 Å². The van der Waals surface area contributed by atoms with Crippen LogP contribution >= 0.6 is 23.4 Å². The van der Waals surface area contributed by atoms with Crippen LogP contribution in [0.25, 0.3) is 0 Å². The van der Waals surface area contributed by atoms with Gasteiger partial charge in [-0.15, -0.1) is 11.8 Å². The van der Waals surface area contributed by atoms with Gasteiger partial charge >= 0.3 is 0 Å². The quantitative estimate of drug-likeness (QED) is 0.575. The molecule has 0 radical (unpaired) electrons. The van der Waals surface area contributed by atoms with E-state index in [0.29, 0.717) is 42.5 Å². The van der Waals surface area contributed by atoms with E-state index in [1.807, 2.05) is 24.3 Å². The van der Waals surface area contributed by atoms with Crippen molar-refractivity contribution in [2.45, 2.75) is 30.3 Å². The largest absolute Gasteiger partial charge is 0.497 e. The molecule has 1 spiro atoms. The van der Waals surface area contributed by atoms with E-state index in [-0.39, 0.29) is 4.90 Å². The van der Waals surface area contributed by atoms with Crippen molar-refractivity contribution < 1.29 is 17.9 Å². The summed E-state index contributed by atoms with van der Waals surface area (Å²) in [6.07, 6.45) is 1.01. The van der Waals surface area contributed by atoms with Gasteiger partial charge in [0.2, 0.25) is 10.0 Å². The SMILES string of the molecule is CCSC1=NC2(CCN(S(=O)(=O)c3cc(OC)ccc3OC)CC2)N=C1c1ccc(Cl)cc1. The summed E-state index contributed by atoms with van der Waals surface area (Å²) < 4.78 is 38.9. The van der Waals surface area contributed by atoms with E-state index >= 15 is 0 Å².